The molecule has 17 heavy (non-hydrogen) atoms. The van der Waals surface area contributed by atoms with Crippen LogP contribution >= 0.6 is 11.3 Å². The Labute approximate surface area is 102 Å². The second-order valence-electron chi connectivity index (χ2n) is 3.74. The van der Waals surface area contributed by atoms with Crippen molar-refractivity contribution in [2.24, 2.45) is 0 Å². The van der Waals surface area contributed by atoms with Gasteiger partial charge in [0.15, 0.2) is 0 Å². The number of fused-ring (bicyclic) bond motifs is 3. The van der Waals surface area contributed by atoms with E-state index in [0.29, 0.717) is 12.3 Å². The number of thiophene rings is 1. The van der Waals surface area contributed by atoms with Crippen LogP contribution in [0.4, 0.5) is 0 Å². The molecule has 0 aliphatic carbocycles. The summed E-state index contributed by atoms with van der Waals surface area (Å²) in [4.78, 5) is 14.7. The quantitative estimate of drug-likeness (QED) is 0.701. The molecule has 4 heteroatoms. The number of hydrogen-bond acceptors (Lipinski definition) is 3. The normalized spacial score (nSPS) is 11.1. The van der Waals surface area contributed by atoms with Crippen LogP contribution in [0.3, 0.4) is 0 Å². The average molecular weight is 245 g/mol. The predicted molar refractivity (Wildman–Crippen MR) is 69.6 cm³/mol. The van der Waals surface area contributed by atoms with Crippen molar-refractivity contribution in [1.29, 1.82) is 0 Å². The van der Waals surface area contributed by atoms with Gasteiger partial charge in [0.25, 0.3) is 0 Å². The van der Waals surface area contributed by atoms with Gasteiger partial charge < -0.3 is 9.72 Å². The molecule has 3 aromatic rings. The Kier molecular flexibility index (Phi) is 2.37. The SMILES string of the molecule is CCOC(=O)c1cc2sc3ccccc3c2[nH]1. The maximum atomic E-state index is 11.6. The van der Waals surface area contributed by atoms with Crippen LogP contribution in [-0.2, 0) is 4.74 Å². The van der Waals surface area contributed by atoms with Crippen LogP contribution in [0.25, 0.3) is 20.3 Å². The fraction of sp³-hybridized carbons (Fsp3) is 0.154. The molecule has 86 valence electrons. The first kappa shape index (κ1) is 10.4. The first-order valence-electron chi connectivity index (χ1n) is 5.47. The van der Waals surface area contributed by atoms with Crippen molar-refractivity contribution in [3.05, 3.63) is 36.0 Å². The lowest BCUT2D eigenvalue weighted by Crippen LogP contribution is -2.04. The Hall–Kier alpha value is -1.81. The Bertz CT molecular complexity index is 696. The zero-order valence-corrected chi connectivity index (χ0v) is 10.1. The molecule has 2 aromatic heterocycles. The molecule has 1 N–H and O–H groups in total. The van der Waals surface area contributed by atoms with Gasteiger partial charge in [0.1, 0.15) is 5.69 Å². The molecule has 0 fully saturated rings. The number of hydrogen-bond donors (Lipinski definition) is 1. The summed E-state index contributed by atoms with van der Waals surface area (Å²) in [5.74, 6) is -0.292. The number of ether oxygens (including phenoxy) is 1. The minimum Gasteiger partial charge on any atom is -0.461 e. The second kappa shape index (κ2) is 3.89. The summed E-state index contributed by atoms with van der Waals surface area (Å²) in [6.07, 6.45) is 0. The maximum absolute atomic E-state index is 11.6. The van der Waals surface area contributed by atoms with Gasteiger partial charge in [-0.25, -0.2) is 4.79 Å². The first-order chi connectivity index (χ1) is 8.29. The molecule has 0 spiro atoms. The van der Waals surface area contributed by atoms with Crippen LogP contribution < -0.4 is 0 Å². The lowest BCUT2D eigenvalue weighted by molar-refractivity contribution is 0.0520. The third-order valence-corrected chi connectivity index (χ3v) is 3.77. The van der Waals surface area contributed by atoms with Crippen molar-refractivity contribution in [2.45, 2.75) is 6.92 Å². The number of benzene rings is 1. The summed E-state index contributed by atoms with van der Waals surface area (Å²) in [5, 5.41) is 1.16. The molecule has 3 rings (SSSR count). The summed E-state index contributed by atoms with van der Waals surface area (Å²) >= 11 is 1.68. The summed E-state index contributed by atoms with van der Waals surface area (Å²) in [6.45, 7) is 2.20. The lowest BCUT2D eigenvalue weighted by atomic mass is 10.2. The van der Waals surface area contributed by atoms with Crippen LogP contribution in [-0.4, -0.2) is 17.6 Å². The van der Waals surface area contributed by atoms with Crippen molar-refractivity contribution in [1.82, 2.24) is 4.98 Å². The Morgan fingerprint density at radius 2 is 2.18 bits per heavy atom. The summed E-state index contributed by atoms with van der Waals surface area (Å²) in [6, 6.07) is 10.0. The smallest absolute Gasteiger partial charge is 0.354 e. The zero-order valence-electron chi connectivity index (χ0n) is 9.32. The van der Waals surface area contributed by atoms with Crippen molar-refractivity contribution in [2.75, 3.05) is 6.61 Å². The van der Waals surface area contributed by atoms with Crippen LogP contribution in [0, 0.1) is 0 Å². The van der Waals surface area contributed by atoms with Gasteiger partial charge in [0.05, 0.1) is 16.8 Å². The average Bonchev–Trinajstić information content (AvgIpc) is 2.86. The van der Waals surface area contributed by atoms with Gasteiger partial charge in [-0.15, -0.1) is 11.3 Å². The topological polar surface area (TPSA) is 42.1 Å². The first-order valence-corrected chi connectivity index (χ1v) is 6.28. The van der Waals surface area contributed by atoms with E-state index < -0.39 is 0 Å². The fourth-order valence-corrected chi connectivity index (χ4v) is 3.02. The number of carbonyl (C=O) groups excluding carboxylic acids is 1. The monoisotopic (exact) mass is 245 g/mol. The van der Waals surface area contributed by atoms with E-state index in [1.165, 1.54) is 4.70 Å². The molecule has 2 heterocycles. The molecule has 0 atom stereocenters. The molecule has 0 amide bonds. The standard InChI is InChI=1S/C13H11NO2S/c1-2-16-13(15)9-7-11-12(14-9)8-5-3-4-6-10(8)17-11/h3-7,14H,2H2,1H3. The van der Waals surface area contributed by atoms with E-state index in [2.05, 4.69) is 17.1 Å². The molecule has 0 radical (unpaired) electrons. The van der Waals surface area contributed by atoms with E-state index in [9.17, 15) is 4.79 Å². The minimum atomic E-state index is -0.292. The van der Waals surface area contributed by atoms with E-state index in [-0.39, 0.29) is 5.97 Å². The van der Waals surface area contributed by atoms with Crippen LogP contribution in [0.5, 0.6) is 0 Å². The fourth-order valence-electron chi connectivity index (χ4n) is 1.92. The molecule has 0 saturated carbocycles. The maximum Gasteiger partial charge on any atom is 0.354 e. The molecule has 0 aliphatic heterocycles. The number of aromatic amines is 1. The molecule has 0 unspecified atom stereocenters. The van der Waals surface area contributed by atoms with Crippen molar-refractivity contribution in [3.8, 4) is 0 Å². The Balaban J connectivity index is 2.17. The highest BCUT2D eigenvalue weighted by Gasteiger charge is 2.13. The van der Waals surface area contributed by atoms with E-state index >= 15 is 0 Å². The molecule has 0 aliphatic rings. The second-order valence-corrected chi connectivity index (χ2v) is 4.82. The highest BCUT2D eigenvalue weighted by atomic mass is 32.1. The van der Waals surface area contributed by atoms with Gasteiger partial charge in [0, 0.05) is 10.1 Å². The van der Waals surface area contributed by atoms with Gasteiger partial charge in [-0.1, -0.05) is 18.2 Å². The highest BCUT2D eigenvalue weighted by Crippen LogP contribution is 2.33. The molecule has 0 bridgehead atoms. The third-order valence-electron chi connectivity index (χ3n) is 2.65. The lowest BCUT2D eigenvalue weighted by Gasteiger charge is -1.97. The molecule has 3 nitrogen and oxygen atoms in total. The van der Waals surface area contributed by atoms with E-state index in [4.69, 9.17) is 4.74 Å². The molecule has 1 aromatic carbocycles. The third kappa shape index (κ3) is 1.61. The van der Waals surface area contributed by atoms with Crippen molar-refractivity contribution >= 4 is 37.6 Å². The van der Waals surface area contributed by atoms with E-state index in [1.54, 1.807) is 18.3 Å². The summed E-state index contributed by atoms with van der Waals surface area (Å²) in [7, 11) is 0. The van der Waals surface area contributed by atoms with Gasteiger partial charge in [-0.2, -0.15) is 0 Å². The van der Waals surface area contributed by atoms with E-state index in [0.717, 1.165) is 15.6 Å². The summed E-state index contributed by atoms with van der Waals surface area (Å²) < 4.78 is 7.29. The van der Waals surface area contributed by atoms with Crippen molar-refractivity contribution < 1.29 is 9.53 Å². The van der Waals surface area contributed by atoms with Gasteiger partial charge in [-0.05, 0) is 19.1 Å². The Morgan fingerprint density at radius 1 is 1.35 bits per heavy atom. The number of carbonyl (C=O) groups is 1. The summed E-state index contributed by atoms with van der Waals surface area (Å²) in [5.41, 5.74) is 1.55. The number of H-pyrrole nitrogens is 1. The van der Waals surface area contributed by atoms with Crippen LogP contribution in [0.2, 0.25) is 0 Å². The molecular formula is C13H11NO2S. The minimum absolute atomic E-state index is 0.292. The predicted octanol–water partition coefficient (Wildman–Crippen LogP) is 3.56. The van der Waals surface area contributed by atoms with Gasteiger partial charge in [-0.3, -0.25) is 0 Å². The molecule has 0 saturated heterocycles. The Morgan fingerprint density at radius 3 is 3.00 bits per heavy atom. The van der Waals surface area contributed by atoms with Gasteiger partial charge >= 0.3 is 5.97 Å². The van der Waals surface area contributed by atoms with E-state index in [1.807, 2.05) is 18.2 Å². The number of aromatic nitrogens is 1. The van der Waals surface area contributed by atoms with Crippen LogP contribution in [0.15, 0.2) is 30.3 Å². The zero-order chi connectivity index (χ0) is 11.8. The van der Waals surface area contributed by atoms with Crippen LogP contribution in [0.1, 0.15) is 17.4 Å². The largest absolute Gasteiger partial charge is 0.461 e. The van der Waals surface area contributed by atoms with Gasteiger partial charge in [0.2, 0.25) is 0 Å². The molecular weight excluding hydrogens is 234 g/mol. The highest BCUT2D eigenvalue weighted by molar-refractivity contribution is 7.25. The van der Waals surface area contributed by atoms with Crippen molar-refractivity contribution in [3.63, 3.8) is 0 Å². The number of nitrogens with one attached hydrogen (secondary N) is 1. The number of rotatable bonds is 2. The number of esters is 1.